The van der Waals surface area contributed by atoms with Gasteiger partial charge in [0.05, 0.1) is 12.1 Å². The number of carboxylic acids is 1. The lowest BCUT2D eigenvalue weighted by Gasteiger charge is -2.27. The number of rotatable bonds is 10. The number of H-pyrrole nitrogens is 1. The summed E-state index contributed by atoms with van der Waals surface area (Å²) in [5, 5.41) is 54.6. The van der Waals surface area contributed by atoms with Crippen LogP contribution in [0.2, 0.25) is 0 Å². The molecule has 6 rings (SSSR count). The topological polar surface area (TPSA) is 364 Å². The zero-order valence-corrected chi connectivity index (χ0v) is 44.1. The van der Waals surface area contributed by atoms with E-state index in [0.29, 0.717) is 33.2 Å². The lowest BCUT2D eigenvalue weighted by atomic mass is 10.0. The number of carboxylic acid groups (broad SMARTS) is 1. The van der Waals surface area contributed by atoms with Crippen LogP contribution in [0.4, 0.5) is 4.79 Å². The molecule has 1 fully saturated rings. The first-order valence-corrected chi connectivity index (χ1v) is 27.3. The highest BCUT2D eigenvalue weighted by Gasteiger charge is 2.35. The number of urea groups is 1. The lowest BCUT2D eigenvalue weighted by molar-refractivity contribution is -0.141. The number of carbonyl (C=O) groups is 9. The van der Waals surface area contributed by atoms with Gasteiger partial charge in [-0.05, 0) is 42.2 Å². The number of aromatic nitrogens is 1. The van der Waals surface area contributed by atoms with Gasteiger partial charge in [-0.15, -0.1) is 0 Å². The van der Waals surface area contributed by atoms with E-state index in [1.54, 1.807) is 121 Å². The summed E-state index contributed by atoms with van der Waals surface area (Å²) >= 11 is 0. The molecule has 0 radical (unpaired) electrons. The van der Waals surface area contributed by atoms with Crippen molar-refractivity contribution in [3.05, 3.63) is 144 Å². The van der Waals surface area contributed by atoms with Crippen LogP contribution in [0.1, 0.15) is 36.1 Å². The monoisotopic (exact) mass is 1110 g/mol. The minimum atomic E-state index is -2.13. The van der Waals surface area contributed by atoms with Crippen LogP contribution in [0, 0.1) is 0 Å². The molecular formula is C53H63N11O12S2. The zero-order valence-electron chi connectivity index (χ0n) is 42.5. The Morgan fingerprint density at radius 3 is 1.53 bits per heavy atom. The molecule has 23 nitrogen and oxygen atoms in total. The number of aliphatic hydroxyl groups is 2. The van der Waals surface area contributed by atoms with E-state index in [1.165, 1.54) is 13.8 Å². The first-order valence-electron chi connectivity index (χ1n) is 24.8. The van der Waals surface area contributed by atoms with Gasteiger partial charge in [0, 0.05) is 54.3 Å². The Morgan fingerprint density at radius 2 is 1.00 bits per heavy atom. The van der Waals surface area contributed by atoms with Gasteiger partial charge in [0.15, 0.2) is 0 Å². The van der Waals surface area contributed by atoms with Crippen molar-refractivity contribution in [1.29, 1.82) is 0 Å². The zero-order chi connectivity index (χ0) is 56.3. The molecule has 1 saturated heterocycles. The van der Waals surface area contributed by atoms with Gasteiger partial charge in [-0.1, -0.05) is 131 Å². The van der Waals surface area contributed by atoms with Crippen molar-refractivity contribution in [3.63, 3.8) is 0 Å². The number of carbonyl (C=O) groups excluding carboxylic acids is 8. The number of para-hydroxylation sites is 1. The maximum atomic E-state index is 14.6. The average molecular weight is 1110 g/mol. The van der Waals surface area contributed by atoms with Crippen LogP contribution in [0.5, 0.6) is 0 Å². The number of aliphatic carboxylic acids is 1. The Bertz CT molecular complexity index is 2880. The van der Waals surface area contributed by atoms with E-state index in [9.17, 15) is 58.5 Å². The molecule has 0 saturated carbocycles. The van der Waals surface area contributed by atoms with Crippen molar-refractivity contribution >= 4 is 85.8 Å². The Kier molecular flexibility index (Phi) is 22.0. The number of fused-ring (bicyclic) bond motifs is 1. The van der Waals surface area contributed by atoms with Crippen LogP contribution >= 0.6 is 21.6 Å². The van der Waals surface area contributed by atoms with Gasteiger partial charge in [-0.25, -0.2) is 9.59 Å². The van der Waals surface area contributed by atoms with E-state index in [-0.39, 0.29) is 37.2 Å². The van der Waals surface area contributed by atoms with Crippen LogP contribution in [0.15, 0.2) is 121 Å². The molecule has 15 N–H and O–H groups in total. The smallest absolute Gasteiger partial charge is 0.327 e. The fourth-order valence-corrected chi connectivity index (χ4v) is 10.4. The van der Waals surface area contributed by atoms with Crippen molar-refractivity contribution in [1.82, 2.24) is 52.8 Å². The number of nitrogens with two attached hydrogens (primary N) is 1. The van der Waals surface area contributed by atoms with E-state index in [4.69, 9.17) is 5.73 Å². The number of amides is 9. The predicted octanol–water partition coefficient (Wildman–Crippen LogP) is -0.385. The third-order valence-electron chi connectivity index (χ3n) is 12.3. The van der Waals surface area contributed by atoms with Gasteiger partial charge in [-0.2, -0.15) is 0 Å². The molecule has 0 spiro atoms. The summed E-state index contributed by atoms with van der Waals surface area (Å²) in [6.07, 6.45) is -2.54. The number of nitrogens with one attached hydrogen (secondary N) is 10. The molecule has 0 unspecified atom stereocenters. The Balaban J connectivity index is 1.31. The third kappa shape index (κ3) is 17.8. The van der Waals surface area contributed by atoms with Crippen LogP contribution in [-0.2, 0) is 64.0 Å². The second-order valence-electron chi connectivity index (χ2n) is 18.4. The largest absolute Gasteiger partial charge is 0.480 e. The van der Waals surface area contributed by atoms with Crippen LogP contribution in [-0.4, -0.2) is 146 Å². The lowest BCUT2D eigenvalue weighted by Crippen LogP contribution is -2.62. The number of hydrogen-bond donors (Lipinski definition) is 14. The first kappa shape index (κ1) is 59.3. The molecule has 5 aromatic rings. The Hall–Kier alpha value is -7.97. The standard InChI is InChI=1S/C53H63N11O12S2/c1-29-44(66)62-43(30(2)65)50(72)60-40(24-33-18-10-5-11-19-33)48(70)61-42(51(73)74)28-78-77-27-36(54)45(67)57-38(22-31-14-6-3-7-15-31)46(68)58-39(23-32-16-8-4-9-17-32)47(69)59-41(49(71)63-53(76)64-52(75)56-29)25-34-26-55-37-21-13-12-20-35(34)37/h3-21,26,29-30,36,38-43,53,55,65,76H,22-25,27-28,54H2,1-2H3,(H,57,67)(H,58,68)(H,59,69)(H,60,72)(H,61,70)(H,62,66)(H,63,71)(H,73,74)(H2,56,64,75)/t29-,30+,36+,38+,39-,40-,41+,42+,43-,53+/m0/s1. The van der Waals surface area contributed by atoms with Gasteiger partial charge in [0.1, 0.15) is 42.3 Å². The molecule has 1 aliphatic heterocycles. The van der Waals surface area contributed by atoms with Gasteiger partial charge in [-0.3, -0.25) is 38.9 Å². The highest BCUT2D eigenvalue weighted by Crippen LogP contribution is 2.23. The van der Waals surface area contributed by atoms with E-state index < -0.39 is 114 Å². The second kappa shape index (κ2) is 29.0. The number of aromatic amines is 1. The molecule has 1 aliphatic rings. The van der Waals surface area contributed by atoms with Crippen molar-refractivity contribution in [2.45, 2.75) is 100 Å². The fourth-order valence-electron chi connectivity index (χ4n) is 8.13. The summed E-state index contributed by atoms with van der Waals surface area (Å²) in [4.78, 5) is 127. The molecule has 10 atom stereocenters. The summed E-state index contributed by atoms with van der Waals surface area (Å²) in [6.45, 7) is 2.41. The van der Waals surface area contributed by atoms with Gasteiger partial charge in [0.25, 0.3) is 0 Å². The van der Waals surface area contributed by atoms with E-state index in [1.807, 2.05) is 0 Å². The Labute approximate surface area is 456 Å². The van der Waals surface area contributed by atoms with Crippen molar-refractivity contribution in [2.24, 2.45) is 5.73 Å². The molecule has 4 aromatic carbocycles. The minimum absolute atomic E-state index is 0.0500. The summed E-state index contributed by atoms with van der Waals surface area (Å²) < 4.78 is 0. The summed E-state index contributed by atoms with van der Waals surface area (Å²) in [5.74, 6) is -8.12. The average Bonchev–Trinajstić information content (AvgIpc) is 3.83. The molecule has 9 amide bonds. The molecule has 0 aliphatic carbocycles. The fraction of sp³-hybridized carbons (Fsp3) is 0.340. The maximum absolute atomic E-state index is 14.6. The van der Waals surface area contributed by atoms with Crippen LogP contribution < -0.4 is 53.6 Å². The molecular weight excluding hydrogens is 1050 g/mol. The highest BCUT2D eigenvalue weighted by molar-refractivity contribution is 8.76. The SMILES string of the molecule is C[C@@H]1NC(=O)N[C@H](O)NC(=O)[C@@H](Cc2c[nH]c3ccccc23)NC(=O)[C@H](Cc2ccccc2)NC(=O)[C@@H](Cc2ccccc2)NC(=O)[C@H](N)CSSC[C@H](C(=O)O)NC(=O)[C@H](Cc2ccccc2)NC(=O)[C@H]([C@@H](C)O)NC1=O. The molecule has 25 heteroatoms. The predicted molar refractivity (Wildman–Crippen MR) is 292 cm³/mol. The summed E-state index contributed by atoms with van der Waals surface area (Å²) in [7, 11) is 1.99. The van der Waals surface area contributed by atoms with Crippen LogP contribution in [0.25, 0.3) is 10.9 Å². The van der Waals surface area contributed by atoms with E-state index in [2.05, 4.69) is 52.8 Å². The quantitative estimate of drug-likeness (QED) is 0.0793. The molecule has 78 heavy (non-hydrogen) atoms. The number of hydrogen-bond acceptors (Lipinski definition) is 14. The third-order valence-corrected chi connectivity index (χ3v) is 14.8. The van der Waals surface area contributed by atoms with Gasteiger partial charge >= 0.3 is 12.0 Å². The molecule has 2 heterocycles. The highest BCUT2D eigenvalue weighted by atomic mass is 33.1. The van der Waals surface area contributed by atoms with Crippen molar-refractivity contribution < 1.29 is 58.5 Å². The van der Waals surface area contributed by atoms with Gasteiger partial charge in [0.2, 0.25) is 47.7 Å². The van der Waals surface area contributed by atoms with E-state index in [0.717, 1.165) is 21.6 Å². The molecule has 414 valence electrons. The van der Waals surface area contributed by atoms with Crippen LogP contribution in [0.3, 0.4) is 0 Å². The van der Waals surface area contributed by atoms with E-state index >= 15 is 0 Å². The normalized spacial score (nSPS) is 24.8. The first-order chi connectivity index (χ1) is 37.3. The number of benzene rings is 4. The van der Waals surface area contributed by atoms with Crippen molar-refractivity contribution in [2.75, 3.05) is 11.5 Å². The second-order valence-corrected chi connectivity index (χ2v) is 21.0. The minimum Gasteiger partial charge on any atom is -0.480 e. The molecule has 1 aromatic heterocycles. The van der Waals surface area contributed by atoms with Gasteiger partial charge < -0.3 is 68.6 Å². The van der Waals surface area contributed by atoms with Crippen molar-refractivity contribution in [3.8, 4) is 0 Å². The maximum Gasteiger partial charge on any atom is 0.327 e. The molecule has 0 bridgehead atoms. The Morgan fingerprint density at radius 1 is 0.551 bits per heavy atom. The number of aliphatic hydroxyl groups excluding tert-OH is 2. The summed E-state index contributed by atoms with van der Waals surface area (Å²) in [5.41, 5.74) is 9.46. The summed E-state index contributed by atoms with van der Waals surface area (Å²) in [6, 6.07) is 20.2.